The van der Waals surface area contributed by atoms with Crippen LogP contribution in [-0.2, 0) is 4.74 Å². The molecule has 0 amide bonds. The molecule has 1 nitrogen and oxygen atoms in total. The van der Waals surface area contributed by atoms with Crippen molar-refractivity contribution in [3.8, 4) is 0 Å². The second-order valence-electron chi connectivity index (χ2n) is 12.8. The van der Waals surface area contributed by atoms with E-state index in [0.29, 0.717) is 16.9 Å². The van der Waals surface area contributed by atoms with Crippen LogP contribution >= 0.6 is 0 Å². The highest BCUT2D eigenvalue weighted by Gasteiger charge is 2.59. The van der Waals surface area contributed by atoms with Gasteiger partial charge in [-0.1, -0.05) is 66.0 Å². The summed E-state index contributed by atoms with van der Waals surface area (Å²) >= 11 is 0. The lowest BCUT2D eigenvalue weighted by Gasteiger charge is -2.59. The van der Waals surface area contributed by atoms with E-state index in [4.69, 9.17) is 4.74 Å². The van der Waals surface area contributed by atoms with Crippen molar-refractivity contribution in [3.05, 3.63) is 11.6 Å². The SMILES string of the molecule is CO[C@@H]1C=C2CC[C@@H]3[C@H]4CC[C@H]([C@H](C)CC[C@H](C)C(C)C)[C@@]4(C)CC[C@H]3[C@@]2(C)CC1. The first kappa shape index (κ1) is 22.9. The van der Waals surface area contributed by atoms with E-state index in [2.05, 4.69) is 47.6 Å². The summed E-state index contributed by atoms with van der Waals surface area (Å²) in [6.07, 6.45) is 17.2. The smallest absolute Gasteiger partial charge is 0.0755 e. The first-order chi connectivity index (χ1) is 14.2. The lowest BCUT2D eigenvalue weighted by Crippen LogP contribution is -2.51. The van der Waals surface area contributed by atoms with Gasteiger partial charge in [0.15, 0.2) is 0 Å². The second kappa shape index (κ2) is 8.57. The molecule has 0 heterocycles. The standard InChI is InChI=1S/C29H50O/c1-19(2)20(3)8-9-21(4)25-12-13-26-24-11-10-22-18-23(30-7)14-16-28(22,5)27(24)15-17-29(25,26)6/h18-21,23-27H,8-17H2,1-7H3/t20-,21+,23-,24+,25+,26+,27+,28-,29+/m0/s1. The van der Waals surface area contributed by atoms with Gasteiger partial charge in [0.25, 0.3) is 0 Å². The molecule has 4 rings (SSSR count). The third kappa shape index (κ3) is 3.74. The minimum atomic E-state index is 0.378. The molecule has 4 aliphatic carbocycles. The Morgan fingerprint density at radius 2 is 1.70 bits per heavy atom. The molecule has 0 spiro atoms. The maximum Gasteiger partial charge on any atom is 0.0755 e. The highest BCUT2D eigenvalue weighted by atomic mass is 16.5. The van der Waals surface area contributed by atoms with E-state index in [-0.39, 0.29) is 0 Å². The van der Waals surface area contributed by atoms with E-state index in [1.54, 1.807) is 5.57 Å². The van der Waals surface area contributed by atoms with E-state index in [0.717, 1.165) is 41.4 Å². The van der Waals surface area contributed by atoms with Crippen LogP contribution in [0.2, 0.25) is 0 Å². The fourth-order valence-electron chi connectivity index (χ4n) is 8.92. The summed E-state index contributed by atoms with van der Waals surface area (Å²) in [6.45, 7) is 15.2. The Bertz CT molecular complexity index is 634. The highest BCUT2D eigenvalue weighted by molar-refractivity contribution is 5.25. The quantitative estimate of drug-likeness (QED) is 0.397. The molecule has 172 valence electrons. The summed E-state index contributed by atoms with van der Waals surface area (Å²) in [6, 6.07) is 0. The lowest BCUT2D eigenvalue weighted by atomic mass is 9.46. The van der Waals surface area contributed by atoms with Gasteiger partial charge in [-0.2, -0.15) is 0 Å². The zero-order chi connectivity index (χ0) is 21.7. The first-order valence-corrected chi connectivity index (χ1v) is 13.4. The van der Waals surface area contributed by atoms with Crippen LogP contribution in [0.3, 0.4) is 0 Å². The Morgan fingerprint density at radius 1 is 0.933 bits per heavy atom. The zero-order valence-electron chi connectivity index (χ0n) is 21.2. The molecule has 0 radical (unpaired) electrons. The number of rotatable bonds is 6. The zero-order valence-corrected chi connectivity index (χ0v) is 21.2. The molecule has 0 N–H and O–H groups in total. The van der Waals surface area contributed by atoms with Gasteiger partial charge >= 0.3 is 0 Å². The monoisotopic (exact) mass is 414 g/mol. The minimum Gasteiger partial charge on any atom is -0.377 e. The summed E-state index contributed by atoms with van der Waals surface area (Å²) in [5, 5.41) is 0. The van der Waals surface area contributed by atoms with Crippen molar-refractivity contribution >= 4 is 0 Å². The molecule has 3 fully saturated rings. The Balaban J connectivity index is 1.48. The molecule has 30 heavy (non-hydrogen) atoms. The number of hydrogen-bond acceptors (Lipinski definition) is 1. The number of ether oxygens (including phenoxy) is 1. The lowest BCUT2D eigenvalue weighted by molar-refractivity contribution is -0.0640. The van der Waals surface area contributed by atoms with Gasteiger partial charge in [-0.15, -0.1) is 0 Å². The maximum atomic E-state index is 5.72. The molecule has 1 heteroatoms. The Kier molecular flexibility index (Phi) is 6.53. The maximum absolute atomic E-state index is 5.72. The molecule has 0 unspecified atom stereocenters. The molecule has 0 aromatic carbocycles. The molecule has 0 aromatic heterocycles. The largest absolute Gasteiger partial charge is 0.377 e. The van der Waals surface area contributed by atoms with Crippen molar-refractivity contribution in [3.63, 3.8) is 0 Å². The van der Waals surface area contributed by atoms with Gasteiger partial charge in [-0.3, -0.25) is 0 Å². The molecule has 0 saturated heterocycles. The van der Waals surface area contributed by atoms with Crippen LogP contribution in [0.5, 0.6) is 0 Å². The third-order valence-electron chi connectivity index (χ3n) is 11.3. The Morgan fingerprint density at radius 3 is 2.40 bits per heavy atom. The summed E-state index contributed by atoms with van der Waals surface area (Å²) < 4.78 is 5.72. The molecule has 0 aliphatic heterocycles. The van der Waals surface area contributed by atoms with Gasteiger partial charge in [0.1, 0.15) is 0 Å². The number of hydrogen-bond donors (Lipinski definition) is 0. The van der Waals surface area contributed by atoms with Gasteiger partial charge in [0.2, 0.25) is 0 Å². The molecule has 3 saturated carbocycles. The van der Waals surface area contributed by atoms with E-state index in [1.807, 2.05) is 7.11 Å². The molecular weight excluding hydrogens is 364 g/mol. The van der Waals surface area contributed by atoms with E-state index in [1.165, 1.54) is 64.2 Å². The number of methoxy groups -OCH3 is 1. The van der Waals surface area contributed by atoms with Crippen LogP contribution in [0.1, 0.15) is 106 Å². The van der Waals surface area contributed by atoms with Crippen molar-refractivity contribution in [2.45, 2.75) is 112 Å². The van der Waals surface area contributed by atoms with Crippen molar-refractivity contribution in [1.82, 2.24) is 0 Å². The van der Waals surface area contributed by atoms with E-state index in [9.17, 15) is 0 Å². The van der Waals surface area contributed by atoms with Crippen molar-refractivity contribution < 1.29 is 4.74 Å². The molecule has 4 aliphatic rings. The van der Waals surface area contributed by atoms with Crippen molar-refractivity contribution in [1.29, 1.82) is 0 Å². The fraction of sp³-hybridized carbons (Fsp3) is 0.931. The number of allylic oxidation sites excluding steroid dienone is 1. The first-order valence-electron chi connectivity index (χ1n) is 13.4. The predicted molar refractivity (Wildman–Crippen MR) is 128 cm³/mol. The van der Waals surface area contributed by atoms with Crippen LogP contribution in [-0.4, -0.2) is 13.2 Å². The van der Waals surface area contributed by atoms with Crippen LogP contribution < -0.4 is 0 Å². The normalized spacial score (nSPS) is 45.3. The summed E-state index contributed by atoms with van der Waals surface area (Å²) in [4.78, 5) is 0. The average Bonchev–Trinajstić information content (AvgIpc) is 3.08. The van der Waals surface area contributed by atoms with E-state index < -0.39 is 0 Å². The Hall–Kier alpha value is -0.300. The fourth-order valence-corrected chi connectivity index (χ4v) is 8.92. The third-order valence-corrected chi connectivity index (χ3v) is 11.3. The minimum absolute atomic E-state index is 0.378. The Labute approximate surface area is 187 Å². The molecule has 9 atom stereocenters. The summed E-state index contributed by atoms with van der Waals surface area (Å²) in [7, 11) is 1.89. The average molecular weight is 415 g/mol. The van der Waals surface area contributed by atoms with Crippen molar-refractivity contribution in [2.24, 2.45) is 52.3 Å². The second-order valence-corrected chi connectivity index (χ2v) is 12.8. The molecule has 0 aromatic rings. The van der Waals surface area contributed by atoms with Gasteiger partial charge in [0, 0.05) is 7.11 Å². The predicted octanol–water partition coefficient (Wildman–Crippen LogP) is 8.29. The number of fused-ring (bicyclic) bond motifs is 5. The topological polar surface area (TPSA) is 9.23 Å². The molecule has 0 bridgehead atoms. The van der Waals surface area contributed by atoms with E-state index >= 15 is 0 Å². The molecular formula is C29H50O. The van der Waals surface area contributed by atoms with Crippen LogP contribution in [0.15, 0.2) is 11.6 Å². The van der Waals surface area contributed by atoms with Crippen LogP contribution in [0, 0.1) is 52.3 Å². The van der Waals surface area contributed by atoms with Gasteiger partial charge < -0.3 is 4.74 Å². The summed E-state index contributed by atoms with van der Waals surface area (Å²) in [5.74, 6) is 6.49. The van der Waals surface area contributed by atoms with Gasteiger partial charge in [-0.05, 0) is 104 Å². The van der Waals surface area contributed by atoms with Gasteiger partial charge in [-0.25, -0.2) is 0 Å². The van der Waals surface area contributed by atoms with Crippen LogP contribution in [0.4, 0.5) is 0 Å². The highest BCUT2D eigenvalue weighted by Crippen LogP contribution is 2.67. The van der Waals surface area contributed by atoms with Crippen LogP contribution in [0.25, 0.3) is 0 Å². The van der Waals surface area contributed by atoms with Gasteiger partial charge in [0.05, 0.1) is 6.10 Å². The summed E-state index contributed by atoms with van der Waals surface area (Å²) in [5.41, 5.74) is 2.84. The van der Waals surface area contributed by atoms with Crippen molar-refractivity contribution in [2.75, 3.05) is 7.11 Å².